The first-order valence-electron chi connectivity index (χ1n) is 9.17. The van der Waals surface area contributed by atoms with Gasteiger partial charge >= 0.3 is 0 Å². The molecule has 0 fully saturated rings. The molecule has 0 saturated carbocycles. The largest absolute Gasteiger partial charge is 0.340 e. The lowest BCUT2D eigenvalue weighted by molar-refractivity contribution is 0.547. The third-order valence-electron chi connectivity index (χ3n) is 4.83. The lowest BCUT2D eigenvalue weighted by Crippen LogP contribution is -2.14. The Balaban J connectivity index is 2.04. The van der Waals surface area contributed by atoms with Gasteiger partial charge in [0, 0.05) is 32.5 Å². The highest BCUT2D eigenvalue weighted by molar-refractivity contribution is 5.94. The molecule has 8 nitrogen and oxygen atoms in total. The van der Waals surface area contributed by atoms with E-state index in [0.717, 1.165) is 28.1 Å². The van der Waals surface area contributed by atoms with Crippen molar-refractivity contribution < 1.29 is 0 Å². The SMILES string of the molecule is Cc1nn(C(C)C)c2c(N(C)c3cnn(C)c3)cc(-c3ccc[nH]c3=O)nc12. The molecule has 0 saturated heterocycles. The summed E-state index contributed by atoms with van der Waals surface area (Å²) in [5.41, 5.74) is 5.41. The van der Waals surface area contributed by atoms with Crippen LogP contribution in [0.3, 0.4) is 0 Å². The second-order valence-corrected chi connectivity index (χ2v) is 7.19. The number of pyridine rings is 2. The quantitative estimate of drug-likeness (QED) is 0.590. The van der Waals surface area contributed by atoms with Gasteiger partial charge in [-0.15, -0.1) is 0 Å². The van der Waals surface area contributed by atoms with Gasteiger partial charge in [-0.05, 0) is 39.0 Å². The second-order valence-electron chi connectivity index (χ2n) is 7.19. The molecule has 0 spiro atoms. The maximum Gasteiger partial charge on any atom is 0.257 e. The number of H-pyrrole nitrogens is 1. The highest BCUT2D eigenvalue weighted by Gasteiger charge is 2.21. The predicted molar refractivity (Wildman–Crippen MR) is 110 cm³/mol. The monoisotopic (exact) mass is 377 g/mol. The normalized spacial score (nSPS) is 11.5. The molecule has 0 aromatic carbocycles. The van der Waals surface area contributed by atoms with Crippen molar-refractivity contribution in [1.29, 1.82) is 0 Å². The third kappa shape index (κ3) is 2.87. The van der Waals surface area contributed by atoms with Crippen molar-refractivity contribution in [3.05, 3.63) is 52.8 Å². The molecule has 1 N–H and O–H groups in total. The van der Waals surface area contributed by atoms with Crippen LogP contribution in [-0.4, -0.2) is 36.6 Å². The van der Waals surface area contributed by atoms with E-state index in [0.29, 0.717) is 11.3 Å². The van der Waals surface area contributed by atoms with E-state index in [4.69, 9.17) is 10.1 Å². The van der Waals surface area contributed by atoms with Crippen molar-refractivity contribution in [2.75, 3.05) is 11.9 Å². The fraction of sp³-hybridized carbons (Fsp3) is 0.300. The van der Waals surface area contributed by atoms with Gasteiger partial charge in [0.25, 0.3) is 5.56 Å². The van der Waals surface area contributed by atoms with Crippen molar-refractivity contribution >= 4 is 22.4 Å². The molecule has 0 bridgehead atoms. The van der Waals surface area contributed by atoms with E-state index in [1.165, 1.54) is 0 Å². The van der Waals surface area contributed by atoms with E-state index >= 15 is 0 Å². The summed E-state index contributed by atoms with van der Waals surface area (Å²) in [7, 11) is 3.87. The molecule has 0 amide bonds. The Morgan fingerprint density at radius 1 is 1.29 bits per heavy atom. The van der Waals surface area contributed by atoms with Gasteiger partial charge < -0.3 is 9.88 Å². The molecule has 144 valence electrons. The number of fused-ring (bicyclic) bond motifs is 1. The van der Waals surface area contributed by atoms with Crippen LogP contribution < -0.4 is 10.5 Å². The number of aromatic nitrogens is 6. The van der Waals surface area contributed by atoms with Gasteiger partial charge in [0.15, 0.2) is 0 Å². The van der Waals surface area contributed by atoms with Gasteiger partial charge in [-0.1, -0.05) is 0 Å². The zero-order valence-electron chi connectivity index (χ0n) is 16.6. The van der Waals surface area contributed by atoms with Crippen LogP contribution in [0.25, 0.3) is 22.3 Å². The van der Waals surface area contributed by atoms with Crippen molar-refractivity contribution in [3.63, 3.8) is 0 Å². The zero-order valence-corrected chi connectivity index (χ0v) is 16.6. The molecule has 4 heterocycles. The van der Waals surface area contributed by atoms with Gasteiger partial charge in [-0.3, -0.25) is 14.2 Å². The van der Waals surface area contributed by atoms with Crippen molar-refractivity contribution in [2.45, 2.75) is 26.8 Å². The minimum Gasteiger partial charge on any atom is -0.340 e. The molecule has 0 atom stereocenters. The smallest absolute Gasteiger partial charge is 0.257 e. The Hall–Kier alpha value is -3.42. The molecule has 4 aromatic heterocycles. The molecule has 0 aliphatic rings. The van der Waals surface area contributed by atoms with Gasteiger partial charge in [-0.25, -0.2) is 4.98 Å². The molecule has 0 unspecified atom stereocenters. The minimum absolute atomic E-state index is 0.168. The summed E-state index contributed by atoms with van der Waals surface area (Å²) < 4.78 is 3.75. The van der Waals surface area contributed by atoms with Crippen molar-refractivity contribution in [1.82, 2.24) is 29.5 Å². The van der Waals surface area contributed by atoms with E-state index < -0.39 is 0 Å². The van der Waals surface area contributed by atoms with Crippen LogP contribution in [0.1, 0.15) is 25.6 Å². The lowest BCUT2D eigenvalue weighted by Gasteiger charge is -2.21. The fourth-order valence-electron chi connectivity index (χ4n) is 3.37. The first-order chi connectivity index (χ1) is 13.4. The Bertz CT molecular complexity index is 1210. The fourth-order valence-corrected chi connectivity index (χ4v) is 3.37. The summed E-state index contributed by atoms with van der Waals surface area (Å²) in [5.74, 6) is 0. The van der Waals surface area contributed by atoms with Crippen LogP contribution in [0.15, 0.2) is 41.6 Å². The summed E-state index contributed by atoms with van der Waals surface area (Å²) in [6.07, 6.45) is 5.38. The van der Waals surface area contributed by atoms with Crippen molar-refractivity contribution in [3.8, 4) is 11.3 Å². The maximum atomic E-state index is 12.4. The van der Waals surface area contributed by atoms with Gasteiger partial charge in [0.05, 0.1) is 34.5 Å². The molecule has 28 heavy (non-hydrogen) atoms. The average molecular weight is 377 g/mol. The Labute approximate surface area is 162 Å². The third-order valence-corrected chi connectivity index (χ3v) is 4.83. The molecule has 8 heteroatoms. The van der Waals surface area contributed by atoms with Crippen LogP contribution in [-0.2, 0) is 7.05 Å². The Morgan fingerprint density at radius 2 is 2.07 bits per heavy atom. The lowest BCUT2D eigenvalue weighted by atomic mass is 10.1. The molecule has 0 aliphatic carbocycles. The average Bonchev–Trinajstić information content (AvgIpc) is 3.25. The summed E-state index contributed by atoms with van der Waals surface area (Å²) in [6.45, 7) is 6.13. The highest BCUT2D eigenvalue weighted by Crippen LogP contribution is 2.35. The van der Waals surface area contributed by atoms with E-state index in [-0.39, 0.29) is 11.6 Å². The molecular weight excluding hydrogens is 354 g/mol. The molecule has 4 rings (SSSR count). The number of hydrogen-bond donors (Lipinski definition) is 1. The van der Waals surface area contributed by atoms with Crippen LogP contribution in [0, 0.1) is 6.92 Å². The van der Waals surface area contributed by atoms with E-state index in [1.54, 1.807) is 23.0 Å². The summed E-state index contributed by atoms with van der Waals surface area (Å²) in [4.78, 5) is 21.9. The molecular formula is C20H23N7O. The molecule has 0 aliphatic heterocycles. The van der Waals surface area contributed by atoms with Crippen LogP contribution >= 0.6 is 0 Å². The number of nitrogens with zero attached hydrogens (tertiary/aromatic N) is 6. The molecule has 0 radical (unpaired) electrons. The zero-order chi connectivity index (χ0) is 20.0. The summed E-state index contributed by atoms with van der Waals surface area (Å²) in [6, 6.07) is 5.70. The van der Waals surface area contributed by atoms with Gasteiger partial charge in [0.2, 0.25) is 0 Å². The summed E-state index contributed by atoms with van der Waals surface area (Å²) in [5, 5.41) is 8.99. The second kappa shape index (κ2) is 6.63. The van der Waals surface area contributed by atoms with Gasteiger partial charge in [-0.2, -0.15) is 10.2 Å². The first kappa shape index (κ1) is 18.0. The number of aromatic amines is 1. The highest BCUT2D eigenvalue weighted by atomic mass is 16.1. The predicted octanol–water partition coefficient (Wildman–Crippen LogP) is 3.18. The van der Waals surface area contributed by atoms with Crippen LogP contribution in [0.4, 0.5) is 11.4 Å². The number of nitrogens with one attached hydrogen (secondary N) is 1. The Kier molecular flexibility index (Phi) is 4.26. The van der Waals surface area contributed by atoms with Crippen molar-refractivity contribution in [2.24, 2.45) is 7.05 Å². The maximum absolute atomic E-state index is 12.4. The standard InChI is InChI=1S/C20H23N7O/c1-12(2)27-19-17(26(5)14-10-22-25(4)11-14)9-16(23-18(19)13(3)24-27)15-7-6-8-21-20(15)28/h6-12H,1-5H3,(H,21,28). The van der Waals surface area contributed by atoms with Crippen LogP contribution in [0.5, 0.6) is 0 Å². The number of anilines is 2. The van der Waals surface area contributed by atoms with E-state index in [9.17, 15) is 4.79 Å². The van der Waals surface area contributed by atoms with Crippen LogP contribution in [0.2, 0.25) is 0 Å². The topological polar surface area (TPSA) is 84.6 Å². The van der Waals surface area contributed by atoms with E-state index in [1.807, 2.05) is 44.2 Å². The number of hydrogen-bond acceptors (Lipinski definition) is 5. The molecule has 4 aromatic rings. The first-order valence-corrected chi connectivity index (χ1v) is 9.17. The minimum atomic E-state index is -0.168. The van der Waals surface area contributed by atoms with Gasteiger partial charge in [0.1, 0.15) is 11.0 Å². The van der Waals surface area contributed by atoms with E-state index in [2.05, 4.69) is 28.8 Å². The Morgan fingerprint density at radius 3 is 2.71 bits per heavy atom. The number of aryl methyl sites for hydroxylation is 2. The number of rotatable bonds is 4. The summed E-state index contributed by atoms with van der Waals surface area (Å²) >= 11 is 0.